The van der Waals surface area contributed by atoms with Crippen LogP contribution in [0.15, 0.2) is 83.8 Å². The molecular weight excluding hydrogens is 530 g/mol. The highest BCUT2D eigenvalue weighted by Crippen LogP contribution is 2.34. The highest BCUT2D eigenvalue weighted by Gasteiger charge is 2.30. The van der Waals surface area contributed by atoms with Crippen molar-refractivity contribution < 1.29 is 14.7 Å². The average Bonchev–Trinajstić information content (AvgIpc) is 2.96. The van der Waals surface area contributed by atoms with Crippen LogP contribution in [0.4, 0.5) is 17.2 Å². The van der Waals surface area contributed by atoms with E-state index < -0.39 is 5.54 Å². The Kier molecular flexibility index (Phi) is 8.92. The predicted molar refractivity (Wildman–Crippen MR) is 166 cm³/mol. The first-order valence-corrected chi connectivity index (χ1v) is 13.7. The SMILES string of the molecule is Cc1c(-c2cn(C)c(=O)c(Nc3ccc(C(=O)N(C)CCO)cc3)n2)cccc1N(C(=O)c1ccccc1)C(C)(C)C. The Labute approximate surface area is 246 Å². The minimum Gasteiger partial charge on any atom is -0.395 e. The minimum atomic E-state index is -0.513. The molecule has 42 heavy (non-hydrogen) atoms. The fourth-order valence-corrected chi connectivity index (χ4v) is 4.75. The molecule has 0 unspecified atom stereocenters. The van der Waals surface area contributed by atoms with Gasteiger partial charge in [0, 0.05) is 60.4 Å². The van der Waals surface area contributed by atoms with E-state index in [1.54, 1.807) is 49.5 Å². The zero-order chi connectivity index (χ0) is 30.6. The first kappa shape index (κ1) is 30.2. The van der Waals surface area contributed by atoms with Gasteiger partial charge in [-0.1, -0.05) is 30.3 Å². The van der Waals surface area contributed by atoms with Gasteiger partial charge in [-0.15, -0.1) is 0 Å². The third kappa shape index (κ3) is 6.42. The number of aliphatic hydroxyl groups excluding tert-OH is 1. The molecule has 218 valence electrons. The van der Waals surface area contributed by atoms with Crippen molar-refractivity contribution in [2.45, 2.75) is 33.2 Å². The summed E-state index contributed by atoms with van der Waals surface area (Å²) in [5.41, 5.74) is 3.78. The Morgan fingerprint density at radius 2 is 1.57 bits per heavy atom. The van der Waals surface area contributed by atoms with Crippen LogP contribution in [0.5, 0.6) is 0 Å². The van der Waals surface area contributed by atoms with E-state index in [0.717, 1.165) is 16.8 Å². The third-order valence-corrected chi connectivity index (χ3v) is 6.96. The summed E-state index contributed by atoms with van der Waals surface area (Å²) >= 11 is 0. The van der Waals surface area contributed by atoms with Crippen LogP contribution in [-0.4, -0.2) is 57.1 Å². The molecule has 0 fully saturated rings. The van der Waals surface area contributed by atoms with Crippen molar-refractivity contribution in [3.05, 3.63) is 106 Å². The van der Waals surface area contributed by atoms with Gasteiger partial charge in [-0.25, -0.2) is 4.98 Å². The van der Waals surface area contributed by atoms with Crippen LogP contribution in [0.2, 0.25) is 0 Å². The number of amides is 2. The predicted octanol–water partition coefficient (Wildman–Crippen LogP) is 5.01. The Balaban J connectivity index is 1.70. The average molecular weight is 568 g/mol. The van der Waals surface area contributed by atoms with Gasteiger partial charge in [0.05, 0.1) is 12.3 Å². The van der Waals surface area contributed by atoms with Crippen LogP contribution in [0, 0.1) is 6.92 Å². The molecule has 0 aliphatic carbocycles. The lowest BCUT2D eigenvalue weighted by atomic mass is 9.97. The van der Waals surface area contributed by atoms with E-state index in [1.807, 2.05) is 76.2 Å². The van der Waals surface area contributed by atoms with Crippen molar-refractivity contribution in [1.82, 2.24) is 14.5 Å². The third-order valence-electron chi connectivity index (χ3n) is 6.96. The summed E-state index contributed by atoms with van der Waals surface area (Å²) in [6, 6.07) is 21.7. The van der Waals surface area contributed by atoms with Crippen molar-refractivity contribution in [3.63, 3.8) is 0 Å². The molecule has 9 nitrogen and oxygen atoms in total. The van der Waals surface area contributed by atoms with Gasteiger partial charge in [-0.2, -0.15) is 0 Å². The molecule has 0 spiro atoms. The first-order chi connectivity index (χ1) is 19.9. The summed E-state index contributed by atoms with van der Waals surface area (Å²) in [5.74, 6) is -0.190. The number of aryl methyl sites for hydroxylation is 1. The highest BCUT2D eigenvalue weighted by atomic mass is 16.3. The molecule has 3 aromatic carbocycles. The van der Waals surface area contributed by atoms with Crippen molar-refractivity contribution in [2.75, 3.05) is 30.4 Å². The van der Waals surface area contributed by atoms with Gasteiger partial charge in [0.2, 0.25) is 0 Å². The topological polar surface area (TPSA) is 108 Å². The van der Waals surface area contributed by atoms with Crippen molar-refractivity contribution in [3.8, 4) is 11.3 Å². The van der Waals surface area contributed by atoms with Gasteiger partial charge in [0.15, 0.2) is 5.82 Å². The summed E-state index contributed by atoms with van der Waals surface area (Å²) in [6.07, 6.45) is 1.68. The van der Waals surface area contributed by atoms with Gasteiger partial charge in [-0.05, 0) is 75.7 Å². The maximum atomic E-state index is 13.7. The molecule has 0 atom stereocenters. The number of carbonyl (C=O) groups excluding carboxylic acids is 2. The van der Waals surface area contributed by atoms with E-state index >= 15 is 0 Å². The number of benzene rings is 3. The zero-order valence-electron chi connectivity index (χ0n) is 24.9. The molecule has 4 rings (SSSR count). The summed E-state index contributed by atoms with van der Waals surface area (Å²) < 4.78 is 1.47. The maximum Gasteiger partial charge on any atom is 0.293 e. The van der Waals surface area contributed by atoms with Crippen molar-refractivity contribution >= 4 is 29.0 Å². The van der Waals surface area contributed by atoms with Gasteiger partial charge in [-0.3, -0.25) is 14.4 Å². The first-order valence-electron chi connectivity index (χ1n) is 13.7. The zero-order valence-corrected chi connectivity index (χ0v) is 24.9. The molecule has 0 saturated carbocycles. The summed E-state index contributed by atoms with van der Waals surface area (Å²) in [4.78, 5) is 47.2. The van der Waals surface area contributed by atoms with Crippen LogP contribution in [-0.2, 0) is 7.05 Å². The van der Waals surface area contributed by atoms with E-state index in [0.29, 0.717) is 22.5 Å². The Morgan fingerprint density at radius 1 is 0.929 bits per heavy atom. The summed E-state index contributed by atoms with van der Waals surface area (Å²) in [7, 11) is 3.29. The molecule has 0 aliphatic rings. The Morgan fingerprint density at radius 3 is 2.19 bits per heavy atom. The lowest BCUT2D eigenvalue weighted by molar-refractivity contribution is 0.0766. The molecular formula is C33H37N5O4. The minimum absolute atomic E-state index is 0.108. The number of nitrogens with zero attached hydrogens (tertiary/aromatic N) is 4. The van der Waals surface area contributed by atoms with Crippen LogP contribution < -0.4 is 15.8 Å². The molecule has 1 heterocycles. The van der Waals surface area contributed by atoms with E-state index in [4.69, 9.17) is 5.11 Å². The number of hydrogen-bond acceptors (Lipinski definition) is 6. The maximum absolute atomic E-state index is 13.7. The Hall–Kier alpha value is -4.76. The van der Waals surface area contributed by atoms with E-state index in [1.165, 1.54) is 9.47 Å². The summed E-state index contributed by atoms with van der Waals surface area (Å²) in [5, 5.41) is 12.2. The molecule has 0 aliphatic heterocycles. The molecule has 1 aromatic heterocycles. The van der Waals surface area contributed by atoms with Gasteiger partial charge >= 0.3 is 0 Å². The largest absolute Gasteiger partial charge is 0.395 e. The smallest absolute Gasteiger partial charge is 0.293 e. The number of hydrogen-bond donors (Lipinski definition) is 2. The second-order valence-electron chi connectivity index (χ2n) is 11.2. The Bertz CT molecular complexity index is 1640. The lowest BCUT2D eigenvalue weighted by Crippen LogP contribution is -2.46. The van der Waals surface area contributed by atoms with E-state index in [-0.39, 0.29) is 36.3 Å². The number of aromatic nitrogens is 2. The number of carbonyl (C=O) groups is 2. The van der Waals surface area contributed by atoms with Gasteiger partial charge in [0.1, 0.15) is 0 Å². The highest BCUT2D eigenvalue weighted by molar-refractivity contribution is 6.07. The van der Waals surface area contributed by atoms with Crippen molar-refractivity contribution in [2.24, 2.45) is 7.05 Å². The fraction of sp³-hybridized carbons (Fsp3) is 0.273. The molecule has 2 amide bonds. The monoisotopic (exact) mass is 567 g/mol. The second kappa shape index (κ2) is 12.4. The molecule has 0 bridgehead atoms. The normalized spacial score (nSPS) is 11.2. The fourth-order valence-electron chi connectivity index (χ4n) is 4.75. The quantitative estimate of drug-likeness (QED) is 0.310. The van der Waals surface area contributed by atoms with Gasteiger partial charge < -0.3 is 24.8 Å². The van der Waals surface area contributed by atoms with Crippen LogP contribution in [0.1, 0.15) is 47.1 Å². The van der Waals surface area contributed by atoms with E-state index in [2.05, 4.69) is 10.3 Å². The summed E-state index contributed by atoms with van der Waals surface area (Å²) in [6.45, 7) is 8.06. The number of aliphatic hydroxyl groups is 1. The molecule has 0 radical (unpaired) electrons. The molecule has 2 N–H and O–H groups in total. The van der Waals surface area contributed by atoms with Crippen LogP contribution in [0.3, 0.4) is 0 Å². The number of rotatable bonds is 8. The molecule has 0 saturated heterocycles. The number of nitrogens with one attached hydrogen (secondary N) is 1. The molecule has 9 heteroatoms. The second-order valence-corrected chi connectivity index (χ2v) is 11.2. The lowest BCUT2D eigenvalue weighted by Gasteiger charge is -2.37. The standard InChI is InChI=1S/C33H37N5O4/c1-22-26(13-10-14-28(22)38(33(2,3)4)31(41)23-11-8-7-9-12-23)27-21-37(6)32(42)29(35-27)34-25-17-15-24(16-18-25)30(40)36(5)19-20-39/h7-18,21,39H,19-20H2,1-6H3,(H,34,35). The number of anilines is 3. The van der Waals surface area contributed by atoms with Crippen LogP contribution in [0.25, 0.3) is 11.3 Å². The van der Waals surface area contributed by atoms with Gasteiger partial charge in [0.25, 0.3) is 17.4 Å². The van der Waals surface area contributed by atoms with Crippen LogP contribution >= 0.6 is 0 Å². The van der Waals surface area contributed by atoms with Crippen molar-refractivity contribution in [1.29, 1.82) is 0 Å². The number of likely N-dealkylation sites (N-methyl/N-ethyl adjacent to an activating group) is 1. The molecule has 4 aromatic rings. The van der Waals surface area contributed by atoms with E-state index in [9.17, 15) is 14.4 Å².